The van der Waals surface area contributed by atoms with E-state index in [2.05, 4.69) is 34.6 Å². The van der Waals surface area contributed by atoms with Crippen LogP contribution in [0.15, 0.2) is 0 Å². The molecule has 0 saturated carbocycles. The number of aliphatic hydroxyl groups is 5. The second-order valence-corrected chi connectivity index (χ2v) is 14.2. The molecule has 0 atom stereocenters. The average molecular weight is 814 g/mol. The number of rotatable bonds is 35. The van der Waals surface area contributed by atoms with Gasteiger partial charge in [0.15, 0.2) is 0 Å². The molecule has 51 heavy (non-hydrogen) atoms. The van der Waals surface area contributed by atoms with Crippen molar-refractivity contribution >= 4 is 0 Å². The van der Waals surface area contributed by atoms with E-state index in [1.165, 1.54) is 193 Å². The molecule has 0 saturated heterocycles. The predicted molar refractivity (Wildman–Crippen MR) is 225 cm³/mol. The maximum Gasteiger partial charge on any atom is 0.0431 e. The zero-order valence-corrected chi connectivity index (χ0v) is 38.2. The third-order valence-electron chi connectivity index (χ3n) is 8.81. The summed E-state index contributed by atoms with van der Waals surface area (Å²) in [6.07, 6.45) is 44.7. The van der Waals surface area contributed by atoms with Gasteiger partial charge in [-0.25, -0.2) is 0 Å². The van der Waals surface area contributed by atoms with E-state index in [4.69, 9.17) is 25.5 Å². The molecule has 0 aliphatic rings. The number of unbranched alkanes of at least 4 members (excludes halogenated alkanes) is 30. The van der Waals surface area contributed by atoms with Crippen LogP contribution in [0.4, 0.5) is 0 Å². The molecule has 1 radical (unpaired) electrons. The van der Waals surface area contributed by atoms with E-state index in [-0.39, 0.29) is 22.4 Å². The van der Waals surface area contributed by atoms with E-state index in [1.54, 1.807) is 0 Å². The second-order valence-electron chi connectivity index (χ2n) is 14.2. The maximum atomic E-state index is 8.47. The number of aliphatic hydroxyl groups excluding tert-OH is 5. The smallest absolute Gasteiger partial charge is 0.0431 e. The molecule has 5 nitrogen and oxygen atoms in total. The average Bonchev–Trinajstić information content (AvgIpc) is 3.13. The summed E-state index contributed by atoms with van der Waals surface area (Å²) in [5.41, 5.74) is 0. The fourth-order valence-electron chi connectivity index (χ4n) is 5.34. The fraction of sp³-hybridized carbons (Fsp3) is 1.00. The van der Waals surface area contributed by atoms with Crippen molar-refractivity contribution in [2.75, 3.05) is 33.0 Å². The van der Waals surface area contributed by atoms with Gasteiger partial charge in [-0.05, 0) is 32.1 Å². The van der Waals surface area contributed by atoms with E-state index < -0.39 is 0 Å². The summed E-state index contributed by atoms with van der Waals surface area (Å²) in [5, 5.41) is 42.3. The van der Waals surface area contributed by atoms with Gasteiger partial charge in [-0.2, -0.15) is 0 Å². The Bertz CT molecular complexity index is 323. The summed E-state index contributed by atoms with van der Waals surface area (Å²) in [7, 11) is 0. The van der Waals surface area contributed by atoms with Gasteiger partial charge in [-0.3, -0.25) is 0 Å². The Balaban J connectivity index is -0.000000123. The Kier molecular flexibility index (Phi) is 93.9. The SMILES string of the molecule is CCCCCCCCCO.CCCCCCCCCO.CCCCCCCCCO.CCCCCCCCCO.CCCCCCCCCO.[Nb]. The summed E-state index contributed by atoms with van der Waals surface area (Å²) < 4.78 is 0. The van der Waals surface area contributed by atoms with Crippen LogP contribution in [0, 0.1) is 0 Å². The Morgan fingerprint density at radius 3 is 0.373 bits per heavy atom. The molecule has 0 unspecified atom stereocenters. The van der Waals surface area contributed by atoms with Gasteiger partial charge in [0.05, 0.1) is 0 Å². The van der Waals surface area contributed by atoms with Crippen LogP contribution in [0.2, 0.25) is 0 Å². The van der Waals surface area contributed by atoms with Crippen molar-refractivity contribution in [3.8, 4) is 0 Å². The normalized spacial score (nSPS) is 10.0. The number of hydrogen-bond acceptors (Lipinski definition) is 5. The second kappa shape index (κ2) is 75.5. The molecule has 0 aromatic heterocycles. The van der Waals surface area contributed by atoms with Crippen molar-refractivity contribution < 1.29 is 47.9 Å². The van der Waals surface area contributed by atoms with Gasteiger partial charge in [-0.1, -0.05) is 227 Å². The first-order valence-electron chi connectivity index (χ1n) is 22.6. The topological polar surface area (TPSA) is 101 Å². The Labute approximate surface area is 338 Å². The molecule has 315 valence electrons. The third kappa shape index (κ3) is 94.3. The van der Waals surface area contributed by atoms with Gasteiger partial charge in [-0.15, -0.1) is 0 Å². The molecule has 0 aliphatic carbocycles. The summed E-state index contributed by atoms with van der Waals surface area (Å²) in [5.74, 6) is 0. The van der Waals surface area contributed by atoms with E-state index in [1.807, 2.05) is 0 Å². The minimum absolute atomic E-state index is 0. The molecule has 0 aromatic rings. The third-order valence-corrected chi connectivity index (χ3v) is 8.81. The molecule has 0 spiro atoms. The van der Waals surface area contributed by atoms with Gasteiger partial charge in [0, 0.05) is 55.4 Å². The minimum atomic E-state index is 0. The summed E-state index contributed by atoms with van der Waals surface area (Å²) in [4.78, 5) is 0. The minimum Gasteiger partial charge on any atom is -0.396 e. The summed E-state index contributed by atoms with van der Waals surface area (Å²) in [6.45, 7) is 13.0. The van der Waals surface area contributed by atoms with Crippen molar-refractivity contribution in [2.24, 2.45) is 0 Å². The molecule has 0 aliphatic heterocycles. The molecular weight excluding hydrogens is 713 g/mol. The van der Waals surface area contributed by atoms with Gasteiger partial charge in [0.2, 0.25) is 0 Å². The molecule has 0 amide bonds. The summed E-state index contributed by atoms with van der Waals surface area (Å²) in [6, 6.07) is 0. The zero-order chi connectivity index (χ0) is 38.3. The van der Waals surface area contributed by atoms with Gasteiger partial charge >= 0.3 is 0 Å². The first kappa shape index (κ1) is 63.5. The molecule has 6 heteroatoms. The monoisotopic (exact) mass is 814 g/mol. The molecular formula is C45H100NbO5. The van der Waals surface area contributed by atoms with Crippen LogP contribution in [0.1, 0.15) is 259 Å². The van der Waals surface area contributed by atoms with Gasteiger partial charge in [0.25, 0.3) is 0 Å². The van der Waals surface area contributed by atoms with Crippen LogP contribution < -0.4 is 0 Å². The first-order chi connectivity index (χ1) is 24.6. The van der Waals surface area contributed by atoms with Crippen molar-refractivity contribution in [1.82, 2.24) is 0 Å². The van der Waals surface area contributed by atoms with Crippen molar-refractivity contribution in [3.05, 3.63) is 0 Å². The van der Waals surface area contributed by atoms with Gasteiger partial charge in [0.1, 0.15) is 0 Å². The van der Waals surface area contributed by atoms with Crippen LogP contribution in [0.25, 0.3) is 0 Å². The molecule has 0 heterocycles. The van der Waals surface area contributed by atoms with Crippen LogP contribution in [-0.4, -0.2) is 58.6 Å². The predicted octanol–water partition coefficient (Wildman–Crippen LogP) is 13.6. The maximum absolute atomic E-state index is 8.47. The molecule has 5 N–H and O–H groups in total. The number of hydrogen-bond donors (Lipinski definition) is 5. The molecule has 0 fully saturated rings. The molecule has 0 bridgehead atoms. The van der Waals surface area contributed by atoms with E-state index >= 15 is 0 Å². The Hall–Kier alpha value is 0.540. The largest absolute Gasteiger partial charge is 0.396 e. The van der Waals surface area contributed by atoms with Crippen molar-refractivity contribution in [1.29, 1.82) is 0 Å². The quantitative estimate of drug-likeness (QED) is 0.0324. The summed E-state index contributed by atoms with van der Waals surface area (Å²) >= 11 is 0. The standard InChI is InChI=1S/5C9H20O.Nb/c5*1-2-3-4-5-6-7-8-9-10;/h5*10H,2-9H2,1H3;. The van der Waals surface area contributed by atoms with Crippen molar-refractivity contribution in [2.45, 2.75) is 259 Å². The Morgan fingerprint density at radius 2 is 0.275 bits per heavy atom. The fourth-order valence-corrected chi connectivity index (χ4v) is 5.34. The molecule has 0 rings (SSSR count). The van der Waals surface area contributed by atoms with Crippen LogP contribution in [0.3, 0.4) is 0 Å². The van der Waals surface area contributed by atoms with Gasteiger partial charge < -0.3 is 25.5 Å². The van der Waals surface area contributed by atoms with Crippen molar-refractivity contribution in [3.63, 3.8) is 0 Å². The van der Waals surface area contributed by atoms with Crippen LogP contribution >= 0.6 is 0 Å². The van der Waals surface area contributed by atoms with E-state index in [0.29, 0.717) is 33.0 Å². The van der Waals surface area contributed by atoms with Crippen LogP contribution in [-0.2, 0) is 22.4 Å². The first-order valence-corrected chi connectivity index (χ1v) is 22.6. The van der Waals surface area contributed by atoms with Crippen LogP contribution in [0.5, 0.6) is 0 Å². The van der Waals surface area contributed by atoms with E-state index in [9.17, 15) is 0 Å². The van der Waals surface area contributed by atoms with E-state index in [0.717, 1.165) is 32.1 Å². The molecule has 0 aromatic carbocycles. The zero-order valence-electron chi connectivity index (χ0n) is 36.0. The Morgan fingerprint density at radius 1 is 0.176 bits per heavy atom.